The van der Waals surface area contributed by atoms with Crippen LogP contribution in [0, 0.1) is 6.92 Å². The van der Waals surface area contributed by atoms with Gasteiger partial charge in [-0.05, 0) is 83.4 Å². The molecule has 0 aliphatic rings. The van der Waals surface area contributed by atoms with Crippen molar-refractivity contribution >= 4 is 27.5 Å². The summed E-state index contributed by atoms with van der Waals surface area (Å²) >= 11 is 9.64. The van der Waals surface area contributed by atoms with Crippen LogP contribution in [0.4, 0.5) is 0 Å². The van der Waals surface area contributed by atoms with Gasteiger partial charge in [-0.1, -0.05) is 25.4 Å². The van der Waals surface area contributed by atoms with E-state index >= 15 is 0 Å². The SMILES string of the molecule is Cc1cc(OCCCCC[N+](C)(C)Cc2ccc(Br)o2)c(C(C)C)cc1Cl.[Br-]. The Bertz CT molecular complexity index is 744. The van der Waals surface area contributed by atoms with Crippen LogP contribution >= 0.6 is 27.5 Å². The van der Waals surface area contributed by atoms with E-state index in [-0.39, 0.29) is 17.0 Å². The van der Waals surface area contributed by atoms with Crippen molar-refractivity contribution in [2.24, 2.45) is 0 Å². The minimum Gasteiger partial charge on any atom is -1.00 e. The summed E-state index contributed by atoms with van der Waals surface area (Å²) in [5, 5.41) is 0.814. The molecule has 0 spiro atoms. The molecule has 0 aliphatic carbocycles. The zero-order chi connectivity index (χ0) is 20.0. The van der Waals surface area contributed by atoms with Gasteiger partial charge in [0.05, 0.1) is 27.2 Å². The molecule has 0 saturated heterocycles. The molecule has 2 rings (SSSR count). The molecule has 1 aromatic heterocycles. The van der Waals surface area contributed by atoms with Gasteiger partial charge in [0.2, 0.25) is 0 Å². The second-order valence-electron chi connectivity index (χ2n) is 8.23. The smallest absolute Gasteiger partial charge is 0.169 e. The number of quaternary nitrogens is 1. The molecule has 0 fully saturated rings. The molecule has 158 valence electrons. The van der Waals surface area contributed by atoms with E-state index in [0.717, 1.165) is 63.8 Å². The Morgan fingerprint density at radius 1 is 1.14 bits per heavy atom. The zero-order valence-corrected chi connectivity index (χ0v) is 21.5. The first-order chi connectivity index (χ1) is 12.7. The second kappa shape index (κ2) is 11.6. The summed E-state index contributed by atoms with van der Waals surface area (Å²) in [5.74, 6) is 2.40. The van der Waals surface area contributed by atoms with Crippen molar-refractivity contribution in [2.45, 2.75) is 52.5 Å². The fourth-order valence-electron chi connectivity index (χ4n) is 3.19. The first-order valence-corrected chi connectivity index (χ1v) is 10.8. The van der Waals surface area contributed by atoms with Crippen LogP contribution in [0.15, 0.2) is 33.4 Å². The van der Waals surface area contributed by atoms with Gasteiger partial charge in [0.15, 0.2) is 10.4 Å². The van der Waals surface area contributed by atoms with Crippen molar-refractivity contribution in [3.63, 3.8) is 0 Å². The van der Waals surface area contributed by atoms with Gasteiger partial charge in [0.1, 0.15) is 12.3 Å². The molecular weight excluding hydrogens is 506 g/mol. The van der Waals surface area contributed by atoms with Crippen LogP contribution in [-0.2, 0) is 6.54 Å². The molecule has 0 unspecified atom stereocenters. The fourth-order valence-corrected chi connectivity index (χ4v) is 3.70. The number of hydrogen-bond acceptors (Lipinski definition) is 2. The average molecular weight is 538 g/mol. The summed E-state index contributed by atoms with van der Waals surface area (Å²) in [4.78, 5) is 0. The van der Waals surface area contributed by atoms with Gasteiger partial charge < -0.3 is 30.6 Å². The van der Waals surface area contributed by atoms with Crippen molar-refractivity contribution in [3.8, 4) is 5.75 Å². The number of hydrogen-bond donors (Lipinski definition) is 0. The van der Waals surface area contributed by atoms with Gasteiger partial charge in [-0.25, -0.2) is 0 Å². The maximum atomic E-state index is 6.27. The van der Waals surface area contributed by atoms with Crippen LogP contribution < -0.4 is 21.7 Å². The molecule has 0 aliphatic heterocycles. The van der Waals surface area contributed by atoms with E-state index in [0.29, 0.717) is 5.92 Å². The quantitative estimate of drug-likeness (QED) is 0.338. The van der Waals surface area contributed by atoms with Gasteiger partial charge >= 0.3 is 0 Å². The summed E-state index contributed by atoms with van der Waals surface area (Å²) in [7, 11) is 4.50. The predicted octanol–water partition coefficient (Wildman–Crippen LogP) is 3.96. The Labute approximate surface area is 193 Å². The highest BCUT2D eigenvalue weighted by Gasteiger charge is 2.17. The number of ether oxygens (including phenoxy) is 1. The molecule has 28 heavy (non-hydrogen) atoms. The van der Waals surface area contributed by atoms with Crippen LogP contribution in [0.25, 0.3) is 0 Å². The Hall–Kier alpha value is -0.490. The molecule has 6 heteroatoms. The van der Waals surface area contributed by atoms with Crippen LogP contribution in [0.5, 0.6) is 5.75 Å². The van der Waals surface area contributed by atoms with E-state index in [1.54, 1.807) is 0 Å². The summed E-state index contributed by atoms with van der Waals surface area (Å²) in [6.07, 6.45) is 3.40. The average Bonchev–Trinajstić information content (AvgIpc) is 2.97. The number of benzene rings is 1. The van der Waals surface area contributed by atoms with E-state index < -0.39 is 0 Å². The molecule has 3 nitrogen and oxygen atoms in total. The first-order valence-electron chi connectivity index (χ1n) is 9.67. The van der Waals surface area contributed by atoms with Gasteiger partial charge in [0, 0.05) is 5.02 Å². The predicted molar refractivity (Wildman–Crippen MR) is 117 cm³/mol. The number of aryl methyl sites for hydroxylation is 1. The molecule has 0 radical (unpaired) electrons. The monoisotopic (exact) mass is 535 g/mol. The standard InChI is InChI=1S/C22H32BrClNO2.BrH/c1-16(2)19-14-20(24)17(3)13-21(19)26-12-8-6-7-11-25(4,5)15-18-9-10-22(23)27-18;/h9-10,13-14,16H,6-8,11-12,15H2,1-5H3;1H/q+1;/p-1. The van der Waals surface area contributed by atoms with E-state index in [9.17, 15) is 0 Å². The number of nitrogens with zero attached hydrogens (tertiary/aromatic N) is 1. The molecule has 0 N–H and O–H groups in total. The van der Waals surface area contributed by atoms with Crippen molar-refractivity contribution in [2.75, 3.05) is 27.2 Å². The minimum atomic E-state index is 0. The lowest BCUT2D eigenvalue weighted by atomic mass is 10.0. The zero-order valence-electron chi connectivity index (χ0n) is 17.5. The first kappa shape index (κ1) is 25.5. The van der Waals surface area contributed by atoms with Crippen LogP contribution in [0.3, 0.4) is 0 Å². The lowest BCUT2D eigenvalue weighted by molar-refractivity contribution is -0.904. The van der Waals surface area contributed by atoms with Crippen molar-refractivity contribution in [1.82, 2.24) is 0 Å². The normalized spacial score (nSPS) is 11.6. The van der Waals surface area contributed by atoms with Gasteiger partial charge in [-0.3, -0.25) is 0 Å². The third-order valence-electron chi connectivity index (χ3n) is 4.79. The molecule has 2 aromatic rings. The van der Waals surface area contributed by atoms with E-state index in [2.05, 4.69) is 49.9 Å². The lowest BCUT2D eigenvalue weighted by Gasteiger charge is -2.28. The fraction of sp³-hybridized carbons (Fsp3) is 0.545. The maximum absolute atomic E-state index is 6.27. The van der Waals surface area contributed by atoms with Crippen molar-refractivity contribution in [1.29, 1.82) is 0 Å². The van der Waals surface area contributed by atoms with Crippen molar-refractivity contribution < 1.29 is 30.6 Å². The third kappa shape index (κ3) is 8.10. The molecule has 1 heterocycles. The molecule has 0 bridgehead atoms. The van der Waals surface area contributed by atoms with Crippen LogP contribution in [-0.4, -0.2) is 31.7 Å². The molecular formula is C22H32Br2ClNO2. The van der Waals surface area contributed by atoms with Crippen LogP contribution in [0.1, 0.15) is 55.9 Å². The Kier molecular flexibility index (Phi) is 10.6. The summed E-state index contributed by atoms with van der Waals surface area (Å²) in [6, 6.07) is 8.11. The topological polar surface area (TPSA) is 22.4 Å². The number of halogens is 3. The third-order valence-corrected chi connectivity index (χ3v) is 5.62. The molecule has 0 amide bonds. The van der Waals surface area contributed by atoms with Gasteiger partial charge in [-0.15, -0.1) is 0 Å². The van der Waals surface area contributed by atoms with Gasteiger partial charge in [-0.2, -0.15) is 0 Å². The van der Waals surface area contributed by atoms with E-state index in [4.69, 9.17) is 20.8 Å². The second-order valence-corrected chi connectivity index (χ2v) is 9.42. The highest BCUT2D eigenvalue weighted by molar-refractivity contribution is 9.10. The lowest BCUT2D eigenvalue weighted by Crippen LogP contribution is -3.00. The maximum Gasteiger partial charge on any atom is 0.169 e. The van der Waals surface area contributed by atoms with Crippen LogP contribution in [0.2, 0.25) is 5.02 Å². The number of rotatable bonds is 10. The number of furan rings is 1. The van der Waals surface area contributed by atoms with Crippen molar-refractivity contribution in [3.05, 3.63) is 50.8 Å². The highest BCUT2D eigenvalue weighted by atomic mass is 79.9. The Balaban J connectivity index is 0.00000392. The minimum absolute atomic E-state index is 0. The number of unbranched alkanes of at least 4 members (excludes halogenated alkanes) is 2. The summed E-state index contributed by atoms with van der Waals surface area (Å²) in [6.45, 7) is 9.15. The molecule has 0 atom stereocenters. The largest absolute Gasteiger partial charge is 1.00 e. The van der Waals surface area contributed by atoms with Gasteiger partial charge in [0.25, 0.3) is 0 Å². The molecule has 1 aromatic carbocycles. The van der Waals surface area contributed by atoms with E-state index in [1.807, 2.05) is 25.1 Å². The molecule has 0 saturated carbocycles. The Morgan fingerprint density at radius 2 is 1.86 bits per heavy atom. The summed E-state index contributed by atoms with van der Waals surface area (Å²) in [5.41, 5.74) is 2.26. The summed E-state index contributed by atoms with van der Waals surface area (Å²) < 4.78 is 13.4. The highest BCUT2D eigenvalue weighted by Crippen LogP contribution is 2.32. The Morgan fingerprint density at radius 3 is 2.46 bits per heavy atom. The van der Waals surface area contributed by atoms with E-state index in [1.165, 1.54) is 12.0 Å².